The third-order valence-corrected chi connectivity index (χ3v) is 2.55. The van der Waals surface area contributed by atoms with E-state index in [0.29, 0.717) is 6.54 Å². The van der Waals surface area contributed by atoms with Gasteiger partial charge in [0.1, 0.15) is 0 Å². The van der Waals surface area contributed by atoms with E-state index in [-0.39, 0.29) is 17.9 Å². The number of nitrogens with two attached hydrogens (primary N) is 1. The van der Waals surface area contributed by atoms with E-state index in [4.69, 9.17) is 10.5 Å². The highest BCUT2D eigenvalue weighted by Crippen LogP contribution is 2.10. The molecule has 4 nitrogen and oxygen atoms in total. The highest BCUT2D eigenvalue weighted by molar-refractivity contribution is 5.81. The van der Waals surface area contributed by atoms with Crippen LogP contribution in [-0.4, -0.2) is 31.2 Å². The smallest absolute Gasteiger partial charge is 0.237 e. The number of nitrogens with one attached hydrogen (secondary N) is 1. The van der Waals surface area contributed by atoms with Crippen LogP contribution in [0.15, 0.2) is 0 Å². The number of ether oxygens (including phenoxy) is 1. The van der Waals surface area contributed by atoms with Gasteiger partial charge in [-0.05, 0) is 18.8 Å². The Labute approximate surface area is 85.2 Å². The van der Waals surface area contributed by atoms with Crippen molar-refractivity contribution in [3.8, 4) is 0 Å². The van der Waals surface area contributed by atoms with Crippen LogP contribution in [0.25, 0.3) is 0 Å². The third kappa shape index (κ3) is 3.27. The first-order valence-electron chi connectivity index (χ1n) is 5.26. The normalized spacial score (nSPS) is 23.9. The van der Waals surface area contributed by atoms with Crippen molar-refractivity contribution in [3.63, 3.8) is 0 Å². The van der Waals surface area contributed by atoms with E-state index in [2.05, 4.69) is 5.32 Å². The van der Waals surface area contributed by atoms with Crippen molar-refractivity contribution in [1.29, 1.82) is 0 Å². The van der Waals surface area contributed by atoms with Crippen LogP contribution in [0.2, 0.25) is 0 Å². The molecule has 1 amide bonds. The highest BCUT2D eigenvalue weighted by atomic mass is 16.5. The van der Waals surface area contributed by atoms with Crippen LogP contribution in [0.5, 0.6) is 0 Å². The van der Waals surface area contributed by atoms with Crippen molar-refractivity contribution < 1.29 is 9.53 Å². The summed E-state index contributed by atoms with van der Waals surface area (Å²) in [7, 11) is 0. The van der Waals surface area contributed by atoms with E-state index in [1.807, 2.05) is 13.8 Å². The van der Waals surface area contributed by atoms with Gasteiger partial charge in [-0.3, -0.25) is 4.79 Å². The Morgan fingerprint density at radius 2 is 2.36 bits per heavy atom. The summed E-state index contributed by atoms with van der Waals surface area (Å²) in [6, 6.07) is -0.406. The highest BCUT2D eigenvalue weighted by Gasteiger charge is 2.20. The zero-order valence-electron chi connectivity index (χ0n) is 8.95. The SMILES string of the molecule is CC(C)[C@H](N)C(=O)NCC1CCCO1. The van der Waals surface area contributed by atoms with Gasteiger partial charge in [-0.25, -0.2) is 0 Å². The van der Waals surface area contributed by atoms with Crippen molar-refractivity contribution in [1.82, 2.24) is 5.32 Å². The lowest BCUT2D eigenvalue weighted by Gasteiger charge is -2.17. The maximum Gasteiger partial charge on any atom is 0.237 e. The lowest BCUT2D eigenvalue weighted by molar-refractivity contribution is -0.123. The molecular weight excluding hydrogens is 180 g/mol. The van der Waals surface area contributed by atoms with Gasteiger partial charge in [0, 0.05) is 13.2 Å². The zero-order valence-corrected chi connectivity index (χ0v) is 8.95. The van der Waals surface area contributed by atoms with Gasteiger partial charge in [-0.2, -0.15) is 0 Å². The van der Waals surface area contributed by atoms with Gasteiger partial charge in [0.15, 0.2) is 0 Å². The van der Waals surface area contributed by atoms with E-state index in [0.717, 1.165) is 19.4 Å². The van der Waals surface area contributed by atoms with Crippen LogP contribution in [-0.2, 0) is 9.53 Å². The average molecular weight is 200 g/mol. The minimum Gasteiger partial charge on any atom is -0.376 e. The molecule has 2 atom stereocenters. The standard InChI is InChI=1S/C10H20N2O2/c1-7(2)9(11)10(13)12-6-8-4-3-5-14-8/h7-9H,3-6,11H2,1-2H3,(H,12,13)/t8?,9-/m0/s1. The largest absolute Gasteiger partial charge is 0.376 e. The van der Waals surface area contributed by atoms with Gasteiger partial charge < -0.3 is 15.8 Å². The minimum atomic E-state index is -0.406. The summed E-state index contributed by atoms with van der Waals surface area (Å²) in [5.41, 5.74) is 5.69. The summed E-state index contributed by atoms with van der Waals surface area (Å²) in [6.45, 7) is 5.29. The van der Waals surface area contributed by atoms with Gasteiger partial charge >= 0.3 is 0 Å². The number of amides is 1. The number of rotatable bonds is 4. The first-order chi connectivity index (χ1) is 6.61. The summed E-state index contributed by atoms with van der Waals surface area (Å²) < 4.78 is 5.39. The maximum atomic E-state index is 11.4. The zero-order chi connectivity index (χ0) is 10.6. The van der Waals surface area contributed by atoms with Crippen molar-refractivity contribution >= 4 is 5.91 Å². The Hall–Kier alpha value is -0.610. The Kier molecular flexibility index (Phi) is 4.35. The van der Waals surface area contributed by atoms with E-state index in [1.165, 1.54) is 0 Å². The quantitative estimate of drug-likeness (QED) is 0.684. The predicted molar refractivity (Wildman–Crippen MR) is 54.8 cm³/mol. The third-order valence-electron chi connectivity index (χ3n) is 2.55. The van der Waals surface area contributed by atoms with Gasteiger partial charge in [0.05, 0.1) is 12.1 Å². The average Bonchev–Trinajstić information content (AvgIpc) is 2.65. The number of hydrogen-bond donors (Lipinski definition) is 2. The fraction of sp³-hybridized carbons (Fsp3) is 0.900. The van der Waals surface area contributed by atoms with Crippen LogP contribution in [0.4, 0.5) is 0 Å². The predicted octanol–water partition coefficient (Wildman–Crippen LogP) is 0.265. The van der Waals surface area contributed by atoms with Gasteiger partial charge in [-0.1, -0.05) is 13.8 Å². The molecule has 14 heavy (non-hydrogen) atoms. The molecule has 0 aromatic rings. The number of carbonyl (C=O) groups is 1. The molecule has 4 heteroatoms. The second-order valence-electron chi connectivity index (χ2n) is 4.15. The fourth-order valence-corrected chi connectivity index (χ4v) is 1.44. The number of hydrogen-bond acceptors (Lipinski definition) is 3. The molecule has 82 valence electrons. The molecule has 1 unspecified atom stereocenters. The molecule has 0 aromatic carbocycles. The van der Waals surface area contributed by atoms with E-state index >= 15 is 0 Å². The molecule has 1 aliphatic rings. The molecule has 0 radical (unpaired) electrons. The van der Waals surface area contributed by atoms with Crippen LogP contribution in [0, 0.1) is 5.92 Å². The molecule has 1 aliphatic heterocycles. The molecule has 0 bridgehead atoms. The second kappa shape index (κ2) is 5.32. The molecule has 0 saturated carbocycles. The van der Waals surface area contributed by atoms with E-state index < -0.39 is 6.04 Å². The monoisotopic (exact) mass is 200 g/mol. The Morgan fingerprint density at radius 3 is 2.86 bits per heavy atom. The van der Waals surface area contributed by atoms with Crippen molar-refractivity contribution in [2.45, 2.75) is 38.8 Å². The Morgan fingerprint density at radius 1 is 1.64 bits per heavy atom. The number of carbonyl (C=O) groups excluding carboxylic acids is 1. The van der Waals surface area contributed by atoms with Gasteiger partial charge in [-0.15, -0.1) is 0 Å². The summed E-state index contributed by atoms with van der Waals surface area (Å²) >= 11 is 0. The van der Waals surface area contributed by atoms with Crippen LogP contribution in [0.3, 0.4) is 0 Å². The molecule has 1 fully saturated rings. The molecular formula is C10H20N2O2. The Balaban J connectivity index is 2.19. The topological polar surface area (TPSA) is 64.4 Å². The van der Waals surface area contributed by atoms with Crippen molar-refractivity contribution in [2.75, 3.05) is 13.2 Å². The molecule has 1 heterocycles. The fourth-order valence-electron chi connectivity index (χ4n) is 1.44. The lowest BCUT2D eigenvalue weighted by Crippen LogP contribution is -2.46. The summed E-state index contributed by atoms with van der Waals surface area (Å²) in [5, 5.41) is 2.82. The lowest BCUT2D eigenvalue weighted by atomic mass is 10.1. The maximum absolute atomic E-state index is 11.4. The molecule has 3 N–H and O–H groups in total. The summed E-state index contributed by atoms with van der Waals surface area (Å²) in [6.07, 6.45) is 2.33. The van der Waals surface area contributed by atoms with Crippen molar-refractivity contribution in [2.24, 2.45) is 11.7 Å². The van der Waals surface area contributed by atoms with Crippen LogP contribution >= 0.6 is 0 Å². The first-order valence-corrected chi connectivity index (χ1v) is 5.26. The van der Waals surface area contributed by atoms with E-state index in [1.54, 1.807) is 0 Å². The summed E-state index contributed by atoms with van der Waals surface area (Å²) in [5.74, 6) is 0.106. The first kappa shape index (κ1) is 11.5. The Bertz CT molecular complexity index is 189. The van der Waals surface area contributed by atoms with Crippen LogP contribution in [0.1, 0.15) is 26.7 Å². The van der Waals surface area contributed by atoms with E-state index in [9.17, 15) is 4.79 Å². The van der Waals surface area contributed by atoms with Gasteiger partial charge in [0.25, 0.3) is 0 Å². The summed E-state index contributed by atoms with van der Waals surface area (Å²) in [4.78, 5) is 11.4. The minimum absolute atomic E-state index is 0.0736. The molecule has 0 aliphatic carbocycles. The molecule has 1 saturated heterocycles. The van der Waals surface area contributed by atoms with Crippen LogP contribution < -0.4 is 11.1 Å². The molecule has 0 spiro atoms. The van der Waals surface area contributed by atoms with Gasteiger partial charge in [0.2, 0.25) is 5.91 Å². The van der Waals surface area contributed by atoms with Crippen molar-refractivity contribution in [3.05, 3.63) is 0 Å². The second-order valence-corrected chi connectivity index (χ2v) is 4.15. The molecule has 0 aromatic heterocycles. The molecule has 1 rings (SSSR count).